The summed E-state index contributed by atoms with van der Waals surface area (Å²) in [6.45, 7) is 5.86. The van der Waals surface area contributed by atoms with Gasteiger partial charge in [-0.1, -0.05) is 12.1 Å². The number of esters is 1. The lowest BCUT2D eigenvalue weighted by atomic mass is 10.2. The number of rotatable bonds is 4. The topological polar surface area (TPSA) is 64.1 Å². The maximum Gasteiger partial charge on any atom is 0.340 e. The van der Waals surface area contributed by atoms with Crippen molar-refractivity contribution in [3.63, 3.8) is 0 Å². The monoisotopic (exact) mass is 307 g/mol. The second kappa shape index (κ2) is 7.59. The van der Waals surface area contributed by atoms with Crippen LogP contribution in [0.3, 0.4) is 0 Å². The van der Waals surface area contributed by atoms with Crippen LogP contribution < -0.4 is 5.32 Å². The molecule has 0 fully saturated rings. The number of nitrogens with one attached hydrogen (secondary N) is 1. The van der Waals surface area contributed by atoms with Gasteiger partial charge in [-0.15, -0.1) is 12.4 Å². The van der Waals surface area contributed by atoms with Crippen LogP contribution >= 0.6 is 12.4 Å². The smallest absolute Gasteiger partial charge is 0.340 e. The Labute approximate surface area is 130 Å². The molecule has 1 heterocycles. The Bertz CT molecular complexity index is 612. The van der Waals surface area contributed by atoms with Gasteiger partial charge in [-0.3, -0.25) is 0 Å². The first kappa shape index (κ1) is 16.9. The molecule has 0 bridgehead atoms. The van der Waals surface area contributed by atoms with Gasteiger partial charge < -0.3 is 10.1 Å². The van der Waals surface area contributed by atoms with Crippen LogP contribution in [0.25, 0.3) is 0 Å². The van der Waals surface area contributed by atoms with E-state index in [1.54, 1.807) is 19.1 Å². The summed E-state index contributed by atoms with van der Waals surface area (Å²) in [5.41, 5.74) is 2.03. The molecule has 2 rings (SSSR count). The number of carbonyl (C=O) groups excluding carboxylic acids is 1. The summed E-state index contributed by atoms with van der Waals surface area (Å²) in [7, 11) is 0. The molecule has 0 spiro atoms. The largest absolute Gasteiger partial charge is 0.462 e. The van der Waals surface area contributed by atoms with Gasteiger partial charge in [-0.05, 0) is 32.9 Å². The Morgan fingerprint density at radius 1 is 1.24 bits per heavy atom. The number of carbonyl (C=O) groups is 1. The van der Waals surface area contributed by atoms with Crippen molar-refractivity contribution in [3.05, 3.63) is 47.4 Å². The molecular formula is C15H18ClN3O2. The molecule has 21 heavy (non-hydrogen) atoms. The lowest BCUT2D eigenvalue weighted by molar-refractivity contribution is 0.0527. The van der Waals surface area contributed by atoms with Crippen molar-refractivity contribution in [2.75, 3.05) is 11.9 Å². The number of aromatic nitrogens is 2. The van der Waals surface area contributed by atoms with E-state index in [2.05, 4.69) is 15.3 Å². The summed E-state index contributed by atoms with van der Waals surface area (Å²) >= 11 is 0. The molecular weight excluding hydrogens is 290 g/mol. The zero-order valence-corrected chi connectivity index (χ0v) is 13.0. The number of hydrogen-bond donors (Lipinski definition) is 1. The minimum atomic E-state index is -0.349. The second-order valence-corrected chi connectivity index (χ2v) is 4.33. The van der Waals surface area contributed by atoms with Gasteiger partial charge in [0.05, 0.1) is 17.9 Å². The molecule has 1 aromatic carbocycles. The molecule has 1 N–H and O–H groups in total. The van der Waals surface area contributed by atoms with Gasteiger partial charge in [0.2, 0.25) is 0 Å². The third-order valence-corrected chi connectivity index (χ3v) is 2.65. The fourth-order valence-electron chi connectivity index (χ4n) is 1.90. The van der Waals surface area contributed by atoms with Crippen LogP contribution in [-0.4, -0.2) is 22.5 Å². The number of hydrogen-bond acceptors (Lipinski definition) is 5. The first-order chi connectivity index (χ1) is 9.60. The molecule has 2 aromatic rings. The number of anilines is 2. The summed E-state index contributed by atoms with van der Waals surface area (Å²) in [6.07, 6.45) is 0. The average Bonchev–Trinajstić information content (AvgIpc) is 2.38. The number of benzene rings is 1. The van der Waals surface area contributed by atoms with Gasteiger partial charge in [0, 0.05) is 11.8 Å². The molecule has 112 valence electrons. The highest BCUT2D eigenvalue weighted by atomic mass is 35.5. The van der Waals surface area contributed by atoms with Crippen LogP contribution in [0.5, 0.6) is 0 Å². The Morgan fingerprint density at radius 2 is 1.95 bits per heavy atom. The zero-order chi connectivity index (χ0) is 14.5. The lowest BCUT2D eigenvalue weighted by Gasteiger charge is -2.11. The summed E-state index contributed by atoms with van der Waals surface area (Å²) in [5, 5.41) is 3.14. The third kappa shape index (κ3) is 4.43. The minimum Gasteiger partial charge on any atom is -0.462 e. The highest BCUT2D eigenvalue weighted by molar-refractivity contribution is 5.96. The van der Waals surface area contributed by atoms with Crippen molar-refractivity contribution in [3.8, 4) is 0 Å². The summed E-state index contributed by atoms with van der Waals surface area (Å²) in [6, 6.07) is 9.02. The van der Waals surface area contributed by atoms with Crippen molar-refractivity contribution in [2.24, 2.45) is 0 Å². The Hall–Kier alpha value is -2.14. The second-order valence-electron chi connectivity index (χ2n) is 4.33. The Balaban J connectivity index is 0.00000220. The van der Waals surface area contributed by atoms with Gasteiger partial charge in [-0.25, -0.2) is 14.8 Å². The van der Waals surface area contributed by atoms with E-state index >= 15 is 0 Å². The summed E-state index contributed by atoms with van der Waals surface area (Å²) in [4.78, 5) is 20.4. The highest BCUT2D eigenvalue weighted by Gasteiger charge is 2.12. The molecule has 0 atom stereocenters. The van der Waals surface area contributed by atoms with E-state index in [4.69, 9.17) is 4.74 Å². The predicted octanol–water partition coefficient (Wildman–Crippen LogP) is 3.44. The fraction of sp³-hybridized carbons (Fsp3) is 0.267. The number of aryl methyl sites for hydroxylation is 2. The molecule has 1 aromatic heterocycles. The van der Waals surface area contributed by atoms with Crippen molar-refractivity contribution >= 4 is 29.9 Å². The van der Waals surface area contributed by atoms with Gasteiger partial charge in [0.15, 0.2) is 0 Å². The molecule has 6 heteroatoms. The van der Waals surface area contributed by atoms with Gasteiger partial charge in [0.1, 0.15) is 11.6 Å². The van der Waals surface area contributed by atoms with Crippen molar-refractivity contribution in [1.29, 1.82) is 0 Å². The minimum absolute atomic E-state index is 0. The Morgan fingerprint density at radius 3 is 2.62 bits per heavy atom. The van der Waals surface area contributed by atoms with Crippen LogP contribution in [0.1, 0.15) is 28.8 Å². The molecule has 0 saturated heterocycles. The zero-order valence-electron chi connectivity index (χ0n) is 12.2. The van der Waals surface area contributed by atoms with E-state index in [0.29, 0.717) is 29.5 Å². The first-order valence-electron chi connectivity index (χ1n) is 6.45. The van der Waals surface area contributed by atoms with Gasteiger partial charge in [-0.2, -0.15) is 0 Å². The molecule has 0 radical (unpaired) electrons. The molecule has 0 saturated carbocycles. The predicted molar refractivity (Wildman–Crippen MR) is 84.4 cm³/mol. The summed E-state index contributed by atoms with van der Waals surface area (Å²) in [5.74, 6) is 0.992. The van der Waals surface area contributed by atoms with E-state index in [1.165, 1.54) is 0 Å². The van der Waals surface area contributed by atoms with Crippen LogP contribution in [-0.2, 0) is 4.74 Å². The maximum atomic E-state index is 11.9. The average molecular weight is 308 g/mol. The van der Waals surface area contributed by atoms with Crippen LogP contribution in [0.4, 0.5) is 11.5 Å². The van der Waals surface area contributed by atoms with Crippen LogP contribution in [0, 0.1) is 13.8 Å². The molecule has 5 nitrogen and oxygen atoms in total. The van der Waals surface area contributed by atoms with Crippen molar-refractivity contribution in [2.45, 2.75) is 20.8 Å². The molecule has 0 aliphatic heterocycles. The molecule has 0 amide bonds. The van der Waals surface area contributed by atoms with E-state index in [1.807, 2.05) is 32.0 Å². The van der Waals surface area contributed by atoms with E-state index in [9.17, 15) is 4.79 Å². The lowest BCUT2D eigenvalue weighted by Crippen LogP contribution is -2.08. The molecule has 0 aliphatic rings. The third-order valence-electron chi connectivity index (χ3n) is 2.65. The fourth-order valence-corrected chi connectivity index (χ4v) is 1.90. The molecule has 0 unspecified atom stereocenters. The normalized spacial score (nSPS) is 9.67. The number of para-hydroxylation sites is 1. The highest BCUT2D eigenvalue weighted by Crippen LogP contribution is 2.20. The summed E-state index contributed by atoms with van der Waals surface area (Å²) < 4.78 is 5.04. The number of nitrogens with zero attached hydrogens (tertiary/aromatic N) is 2. The van der Waals surface area contributed by atoms with Crippen LogP contribution in [0.2, 0.25) is 0 Å². The number of ether oxygens (including phenoxy) is 1. The van der Waals surface area contributed by atoms with E-state index in [-0.39, 0.29) is 18.4 Å². The number of halogens is 1. The standard InChI is InChI=1S/C15H17N3O2.ClH/c1-4-20-15(19)12-7-5-6-8-13(12)18-14-9-10(2)16-11(3)17-14;/h5-9H,4H2,1-3H3,(H,16,17,18);1H. The van der Waals surface area contributed by atoms with Gasteiger partial charge in [0.25, 0.3) is 0 Å². The van der Waals surface area contributed by atoms with E-state index < -0.39 is 0 Å². The molecule has 0 aliphatic carbocycles. The van der Waals surface area contributed by atoms with Crippen molar-refractivity contribution in [1.82, 2.24) is 9.97 Å². The maximum absolute atomic E-state index is 11.9. The van der Waals surface area contributed by atoms with E-state index in [0.717, 1.165) is 5.69 Å². The Kier molecular flexibility index (Phi) is 6.11. The van der Waals surface area contributed by atoms with Crippen LogP contribution in [0.15, 0.2) is 30.3 Å². The SMILES string of the molecule is CCOC(=O)c1ccccc1Nc1cc(C)nc(C)n1.Cl. The van der Waals surface area contributed by atoms with Gasteiger partial charge >= 0.3 is 5.97 Å². The van der Waals surface area contributed by atoms with Crippen molar-refractivity contribution < 1.29 is 9.53 Å². The quantitative estimate of drug-likeness (QED) is 0.877. The first-order valence-corrected chi connectivity index (χ1v) is 6.45.